The number of carboxylic acid groups (broad SMARTS) is 1. The third-order valence-corrected chi connectivity index (χ3v) is 2.24. The minimum Gasteiger partial charge on any atom is -0.481 e. The average molecular weight is 188 g/mol. The summed E-state index contributed by atoms with van der Waals surface area (Å²) in [5.41, 5.74) is -1.41. The highest BCUT2D eigenvalue weighted by Crippen LogP contribution is 2.24. The zero-order chi connectivity index (χ0) is 9.19. The molecule has 0 aliphatic carbocycles. The van der Waals surface area contributed by atoms with Crippen LogP contribution in [0, 0.1) is 0 Å². The highest BCUT2D eigenvalue weighted by atomic mass is 32.1. The molecule has 0 fully saturated rings. The fourth-order valence-corrected chi connectivity index (χ4v) is 1.34. The molecule has 0 amide bonds. The van der Waals surface area contributed by atoms with Gasteiger partial charge in [-0.2, -0.15) is 4.37 Å². The number of carbonyl (C=O) groups is 1. The molecule has 1 atom stereocenters. The molecule has 0 aliphatic heterocycles. The Morgan fingerprint density at radius 2 is 2.50 bits per heavy atom. The highest BCUT2D eigenvalue weighted by molar-refractivity contribution is 7.05. The predicted octanol–water partition coefficient (Wildman–Crippen LogP) is 0.220. The lowest BCUT2D eigenvalue weighted by Gasteiger charge is -2.16. The largest absolute Gasteiger partial charge is 0.481 e. The van der Waals surface area contributed by atoms with Crippen LogP contribution >= 0.6 is 11.5 Å². The molecule has 66 valence electrons. The Morgan fingerprint density at radius 3 is 2.92 bits per heavy atom. The van der Waals surface area contributed by atoms with Gasteiger partial charge in [0, 0.05) is 0 Å². The van der Waals surface area contributed by atoms with E-state index in [1.165, 1.54) is 13.3 Å². The predicted molar refractivity (Wildman–Crippen MR) is 41.7 cm³/mol. The maximum absolute atomic E-state index is 10.3. The number of aromatic nitrogens is 2. The van der Waals surface area contributed by atoms with E-state index in [1.54, 1.807) is 0 Å². The van der Waals surface area contributed by atoms with Crippen molar-refractivity contribution >= 4 is 17.5 Å². The Morgan fingerprint density at radius 1 is 1.83 bits per heavy atom. The molecule has 2 N–H and O–H groups in total. The van der Waals surface area contributed by atoms with Crippen molar-refractivity contribution < 1.29 is 15.0 Å². The van der Waals surface area contributed by atoms with Crippen LogP contribution in [0.5, 0.6) is 0 Å². The molecule has 0 saturated heterocycles. The molecule has 0 saturated carbocycles. The molecule has 0 aliphatic rings. The number of hydrogen-bond acceptors (Lipinski definition) is 5. The van der Waals surface area contributed by atoms with E-state index in [2.05, 4.69) is 9.36 Å². The summed E-state index contributed by atoms with van der Waals surface area (Å²) in [6.07, 6.45) is 0.929. The van der Waals surface area contributed by atoms with E-state index in [0.29, 0.717) is 5.01 Å². The number of carboxylic acids is 1. The van der Waals surface area contributed by atoms with Crippen LogP contribution < -0.4 is 0 Å². The summed E-state index contributed by atoms with van der Waals surface area (Å²) in [4.78, 5) is 14.0. The molecule has 1 aromatic heterocycles. The summed E-state index contributed by atoms with van der Waals surface area (Å²) >= 11 is 0.997. The Balaban J connectivity index is 2.79. The normalized spacial score (nSPS) is 15.5. The van der Waals surface area contributed by atoms with Crippen LogP contribution in [0.25, 0.3) is 0 Å². The fraction of sp³-hybridized carbons (Fsp3) is 0.500. The summed E-state index contributed by atoms with van der Waals surface area (Å²) in [6, 6.07) is 0. The number of nitrogens with zero attached hydrogens (tertiary/aromatic N) is 2. The highest BCUT2D eigenvalue weighted by Gasteiger charge is 2.29. The maximum atomic E-state index is 10.3. The standard InChI is InChI=1S/C6H8N2O3S/c1-6(11,2-4(9)10)5-7-3-8-12-5/h3,11H,2H2,1H3,(H,9,10). The molecule has 1 heterocycles. The smallest absolute Gasteiger partial charge is 0.306 e. The Kier molecular flexibility index (Phi) is 2.39. The fourth-order valence-electron chi connectivity index (χ4n) is 0.781. The number of hydrogen-bond donors (Lipinski definition) is 2. The summed E-state index contributed by atoms with van der Waals surface area (Å²) in [5, 5.41) is 18.3. The molecule has 0 radical (unpaired) electrons. The minimum absolute atomic E-state index is 0.324. The van der Waals surface area contributed by atoms with E-state index in [1.807, 2.05) is 0 Å². The molecule has 1 aromatic rings. The monoisotopic (exact) mass is 188 g/mol. The lowest BCUT2D eigenvalue weighted by molar-refractivity contribution is -0.142. The Bertz CT molecular complexity index is 270. The van der Waals surface area contributed by atoms with E-state index >= 15 is 0 Å². The topological polar surface area (TPSA) is 83.3 Å². The Hall–Kier alpha value is -1.01. The summed E-state index contributed by atoms with van der Waals surface area (Å²) in [5.74, 6) is -1.06. The first-order valence-corrected chi connectivity index (χ1v) is 4.01. The van der Waals surface area contributed by atoms with E-state index in [9.17, 15) is 9.90 Å². The van der Waals surface area contributed by atoms with Gasteiger partial charge < -0.3 is 10.2 Å². The van der Waals surface area contributed by atoms with Gasteiger partial charge in [0.15, 0.2) is 0 Å². The SMILES string of the molecule is CC(O)(CC(=O)O)c1ncns1. The first kappa shape index (κ1) is 9.08. The van der Waals surface area contributed by atoms with Crippen molar-refractivity contribution in [1.29, 1.82) is 0 Å². The Labute approximate surface area is 72.9 Å². The number of rotatable bonds is 3. The number of aliphatic carboxylic acids is 1. The van der Waals surface area contributed by atoms with Gasteiger partial charge in [0.25, 0.3) is 0 Å². The van der Waals surface area contributed by atoms with Crippen molar-refractivity contribution in [2.24, 2.45) is 0 Å². The molecule has 12 heavy (non-hydrogen) atoms. The summed E-state index contributed by atoms with van der Waals surface area (Å²) < 4.78 is 3.67. The summed E-state index contributed by atoms with van der Waals surface area (Å²) in [6.45, 7) is 1.40. The molecule has 0 spiro atoms. The van der Waals surface area contributed by atoms with Crippen molar-refractivity contribution in [2.75, 3.05) is 0 Å². The van der Waals surface area contributed by atoms with E-state index in [0.717, 1.165) is 11.5 Å². The van der Waals surface area contributed by atoms with Crippen LogP contribution in [0.2, 0.25) is 0 Å². The molecule has 1 unspecified atom stereocenters. The molecule has 6 heteroatoms. The van der Waals surface area contributed by atoms with Gasteiger partial charge in [0.05, 0.1) is 6.42 Å². The van der Waals surface area contributed by atoms with Crippen LogP contribution in [-0.2, 0) is 10.4 Å². The molecular weight excluding hydrogens is 180 g/mol. The van der Waals surface area contributed by atoms with Crippen molar-refractivity contribution in [1.82, 2.24) is 9.36 Å². The van der Waals surface area contributed by atoms with Crippen molar-refractivity contribution in [2.45, 2.75) is 18.9 Å². The van der Waals surface area contributed by atoms with Gasteiger partial charge in [-0.25, -0.2) is 4.98 Å². The van der Waals surface area contributed by atoms with Gasteiger partial charge in [0.1, 0.15) is 16.9 Å². The van der Waals surface area contributed by atoms with E-state index in [4.69, 9.17) is 5.11 Å². The lowest BCUT2D eigenvalue weighted by Crippen LogP contribution is -2.24. The summed E-state index contributed by atoms with van der Waals surface area (Å²) in [7, 11) is 0. The van der Waals surface area contributed by atoms with Gasteiger partial charge in [0.2, 0.25) is 0 Å². The van der Waals surface area contributed by atoms with Crippen LogP contribution in [0.1, 0.15) is 18.4 Å². The van der Waals surface area contributed by atoms with Crippen LogP contribution in [0.4, 0.5) is 0 Å². The zero-order valence-electron chi connectivity index (χ0n) is 6.39. The van der Waals surface area contributed by atoms with Crippen molar-refractivity contribution in [3.63, 3.8) is 0 Å². The second-order valence-corrected chi connectivity index (χ2v) is 3.37. The third-order valence-electron chi connectivity index (χ3n) is 1.32. The molecular formula is C6H8N2O3S. The van der Waals surface area contributed by atoms with Gasteiger partial charge >= 0.3 is 5.97 Å². The maximum Gasteiger partial charge on any atom is 0.306 e. The molecule has 0 aromatic carbocycles. The van der Waals surface area contributed by atoms with Crippen molar-refractivity contribution in [3.05, 3.63) is 11.3 Å². The second-order valence-electron chi connectivity index (χ2n) is 2.59. The first-order valence-electron chi connectivity index (χ1n) is 3.24. The van der Waals surface area contributed by atoms with Gasteiger partial charge in [-0.3, -0.25) is 4.79 Å². The van der Waals surface area contributed by atoms with E-state index in [-0.39, 0.29) is 6.42 Å². The molecule has 1 rings (SSSR count). The van der Waals surface area contributed by atoms with Gasteiger partial charge in [-0.15, -0.1) is 0 Å². The van der Waals surface area contributed by atoms with E-state index < -0.39 is 11.6 Å². The number of aliphatic hydroxyl groups is 1. The molecule has 5 nitrogen and oxygen atoms in total. The molecule has 0 bridgehead atoms. The van der Waals surface area contributed by atoms with Crippen LogP contribution in [0.15, 0.2) is 6.33 Å². The quantitative estimate of drug-likeness (QED) is 0.709. The minimum atomic E-state index is -1.41. The van der Waals surface area contributed by atoms with Crippen LogP contribution in [-0.4, -0.2) is 25.5 Å². The zero-order valence-corrected chi connectivity index (χ0v) is 7.21. The average Bonchev–Trinajstić information content (AvgIpc) is 2.32. The van der Waals surface area contributed by atoms with Crippen LogP contribution in [0.3, 0.4) is 0 Å². The lowest BCUT2D eigenvalue weighted by atomic mass is 10.0. The van der Waals surface area contributed by atoms with Gasteiger partial charge in [-0.05, 0) is 18.5 Å². The second kappa shape index (κ2) is 3.16. The first-order chi connectivity index (χ1) is 5.52. The van der Waals surface area contributed by atoms with Crippen molar-refractivity contribution in [3.8, 4) is 0 Å². The third kappa shape index (κ3) is 1.99. The van der Waals surface area contributed by atoms with Gasteiger partial charge in [-0.1, -0.05) is 0 Å².